The van der Waals surface area contributed by atoms with E-state index in [0.29, 0.717) is 12.6 Å². The van der Waals surface area contributed by atoms with E-state index in [1.165, 1.54) is 24.8 Å². The Labute approximate surface area is 154 Å². The fourth-order valence-corrected chi connectivity index (χ4v) is 3.86. The molecule has 4 rings (SSSR count). The number of benzene rings is 2. The van der Waals surface area contributed by atoms with Gasteiger partial charge in [0.2, 0.25) is 6.79 Å². The molecule has 2 aliphatic rings. The van der Waals surface area contributed by atoms with E-state index in [1.807, 2.05) is 49.4 Å². The van der Waals surface area contributed by atoms with E-state index in [2.05, 4.69) is 4.90 Å². The van der Waals surface area contributed by atoms with E-state index in [-0.39, 0.29) is 12.7 Å². The second-order valence-corrected chi connectivity index (χ2v) is 7.28. The molecule has 136 valence electrons. The van der Waals surface area contributed by atoms with Gasteiger partial charge in [-0.15, -0.1) is 0 Å². The van der Waals surface area contributed by atoms with Gasteiger partial charge in [0.25, 0.3) is 5.91 Å². The largest absolute Gasteiger partial charge is 0.454 e. The molecule has 1 aliphatic carbocycles. The second-order valence-electron chi connectivity index (χ2n) is 7.28. The molecule has 0 saturated heterocycles. The average molecular weight is 351 g/mol. The molecular formula is C22H25NO3. The molecule has 0 N–H and O–H groups in total. The molecule has 4 nitrogen and oxygen atoms in total. The molecule has 1 amide bonds. The van der Waals surface area contributed by atoms with Crippen molar-refractivity contribution in [2.45, 2.75) is 51.6 Å². The summed E-state index contributed by atoms with van der Waals surface area (Å²) < 4.78 is 10.9. The molecule has 1 fully saturated rings. The van der Waals surface area contributed by atoms with Gasteiger partial charge in [0.1, 0.15) is 0 Å². The predicted octanol–water partition coefficient (Wildman–Crippen LogP) is 4.70. The molecular weight excluding hydrogens is 326 g/mol. The fourth-order valence-electron chi connectivity index (χ4n) is 3.86. The summed E-state index contributed by atoms with van der Waals surface area (Å²) in [6, 6.07) is 14.2. The highest BCUT2D eigenvalue weighted by Crippen LogP contribution is 2.34. The molecule has 26 heavy (non-hydrogen) atoms. The Morgan fingerprint density at radius 1 is 1.00 bits per heavy atom. The number of carbonyl (C=O) groups excluding carboxylic acids is 1. The first kappa shape index (κ1) is 17.0. The zero-order chi connectivity index (χ0) is 17.9. The van der Waals surface area contributed by atoms with E-state index in [0.717, 1.165) is 35.5 Å². The van der Waals surface area contributed by atoms with Crippen molar-refractivity contribution in [3.8, 4) is 11.5 Å². The van der Waals surface area contributed by atoms with Crippen LogP contribution < -0.4 is 9.47 Å². The van der Waals surface area contributed by atoms with Gasteiger partial charge in [0.05, 0.1) is 0 Å². The van der Waals surface area contributed by atoms with Gasteiger partial charge in [0.15, 0.2) is 11.5 Å². The number of aryl methyl sites for hydroxylation is 1. The highest BCUT2D eigenvalue weighted by molar-refractivity contribution is 5.94. The number of carbonyl (C=O) groups is 1. The van der Waals surface area contributed by atoms with Crippen LogP contribution in [0.1, 0.15) is 53.6 Å². The van der Waals surface area contributed by atoms with Crippen molar-refractivity contribution in [2.24, 2.45) is 0 Å². The van der Waals surface area contributed by atoms with Crippen molar-refractivity contribution in [1.82, 2.24) is 4.90 Å². The smallest absolute Gasteiger partial charge is 0.254 e. The molecule has 1 saturated carbocycles. The first-order chi connectivity index (χ1) is 12.7. The highest BCUT2D eigenvalue weighted by atomic mass is 16.7. The Morgan fingerprint density at radius 2 is 1.73 bits per heavy atom. The van der Waals surface area contributed by atoms with Crippen molar-refractivity contribution in [3.05, 3.63) is 59.2 Å². The normalized spacial score (nSPS) is 16.5. The summed E-state index contributed by atoms with van der Waals surface area (Å²) in [5.41, 5.74) is 3.02. The Hall–Kier alpha value is -2.49. The zero-order valence-corrected chi connectivity index (χ0v) is 15.2. The van der Waals surface area contributed by atoms with Gasteiger partial charge >= 0.3 is 0 Å². The van der Waals surface area contributed by atoms with E-state index in [1.54, 1.807) is 0 Å². The molecule has 2 aromatic carbocycles. The van der Waals surface area contributed by atoms with Crippen molar-refractivity contribution in [3.63, 3.8) is 0 Å². The minimum Gasteiger partial charge on any atom is -0.454 e. The maximum absolute atomic E-state index is 13.3. The predicted molar refractivity (Wildman–Crippen MR) is 100 cm³/mol. The second kappa shape index (κ2) is 7.40. The molecule has 0 radical (unpaired) electrons. The monoisotopic (exact) mass is 351 g/mol. The molecule has 1 heterocycles. The molecule has 0 unspecified atom stereocenters. The first-order valence-electron chi connectivity index (χ1n) is 9.47. The zero-order valence-electron chi connectivity index (χ0n) is 15.2. The van der Waals surface area contributed by atoms with Gasteiger partial charge in [-0.05, 0) is 49.6 Å². The van der Waals surface area contributed by atoms with Gasteiger partial charge in [-0.25, -0.2) is 0 Å². The number of ether oxygens (including phenoxy) is 2. The summed E-state index contributed by atoms with van der Waals surface area (Å²) in [7, 11) is 0. The van der Waals surface area contributed by atoms with Crippen LogP contribution in [-0.2, 0) is 6.54 Å². The number of hydrogen-bond acceptors (Lipinski definition) is 3. The lowest BCUT2D eigenvalue weighted by atomic mass is 9.93. The van der Waals surface area contributed by atoms with Crippen LogP contribution in [0, 0.1) is 6.92 Å². The quantitative estimate of drug-likeness (QED) is 0.801. The summed E-state index contributed by atoms with van der Waals surface area (Å²) in [4.78, 5) is 15.3. The summed E-state index contributed by atoms with van der Waals surface area (Å²) >= 11 is 0. The van der Waals surface area contributed by atoms with Crippen molar-refractivity contribution in [2.75, 3.05) is 6.79 Å². The van der Waals surface area contributed by atoms with E-state index in [4.69, 9.17) is 9.47 Å². The number of nitrogens with zero attached hydrogens (tertiary/aromatic N) is 1. The fraction of sp³-hybridized carbons (Fsp3) is 0.409. The van der Waals surface area contributed by atoms with Crippen LogP contribution in [-0.4, -0.2) is 23.6 Å². The van der Waals surface area contributed by atoms with Gasteiger partial charge in [0, 0.05) is 18.2 Å². The lowest BCUT2D eigenvalue weighted by Gasteiger charge is -2.34. The number of amides is 1. The van der Waals surface area contributed by atoms with E-state index < -0.39 is 0 Å². The lowest BCUT2D eigenvalue weighted by molar-refractivity contribution is 0.0614. The maximum atomic E-state index is 13.3. The van der Waals surface area contributed by atoms with Crippen LogP contribution >= 0.6 is 0 Å². The topological polar surface area (TPSA) is 38.8 Å². The third-order valence-corrected chi connectivity index (χ3v) is 5.36. The lowest BCUT2D eigenvalue weighted by Crippen LogP contribution is -2.41. The van der Waals surface area contributed by atoms with Gasteiger partial charge in [-0.2, -0.15) is 0 Å². The van der Waals surface area contributed by atoms with Crippen molar-refractivity contribution in [1.29, 1.82) is 0 Å². The molecule has 0 bridgehead atoms. The van der Waals surface area contributed by atoms with Crippen molar-refractivity contribution < 1.29 is 14.3 Å². The third kappa shape index (κ3) is 3.55. The van der Waals surface area contributed by atoms with Crippen molar-refractivity contribution >= 4 is 5.91 Å². The Morgan fingerprint density at radius 3 is 2.50 bits per heavy atom. The van der Waals surface area contributed by atoms with Crippen LogP contribution in [0.2, 0.25) is 0 Å². The van der Waals surface area contributed by atoms with E-state index in [9.17, 15) is 4.79 Å². The Balaban J connectivity index is 1.59. The summed E-state index contributed by atoms with van der Waals surface area (Å²) in [6.45, 7) is 2.92. The third-order valence-electron chi connectivity index (χ3n) is 5.36. The van der Waals surface area contributed by atoms with Crippen LogP contribution in [0.5, 0.6) is 11.5 Å². The SMILES string of the molecule is Cc1ccc(C(=O)N(Cc2ccc3c(c2)OCO3)C2CCCCC2)cc1. The Bertz CT molecular complexity index is 778. The molecule has 0 spiro atoms. The summed E-state index contributed by atoms with van der Waals surface area (Å²) in [5.74, 6) is 1.67. The van der Waals surface area contributed by atoms with Crippen LogP contribution in [0.3, 0.4) is 0 Å². The summed E-state index contributed by atoms with van der Waals surface area (Å²) in [5, 5.41) is 0. The number of hydrogen-bond donors (Lipinski definition) is 0. The summed E-state index contributed by atoms with van der Waals surface area (Å²) in [6.07, 6.45) is 5.84. The average Bonchev–Trinajstić information content (AvgIpc) is 3.15. The van der Waals surface area contributed by atoms with Crippen LogP contribution in [0.25, 0.3) is 0 Å². The molecule has 2 aromatic rings. The minimum absolute atomic E-state index is 0.120. The highest BCUT2D eigenvalue weighted by Gasteiger charge is 2.27. The van der Waals surface area contributed by atoms with Gasteiger partial charge < -0.3 is 14.4 Å². The van der Waals surface area contributed by atoms with E-state index >= 15 is 0 Å². The first-order valence-corrected chi connectivity index (χ1v) is 9.47. The molecule has 1 aliphatic heterocycles. The molecule has 4 heteroatoms. The van der Waals surface area contributed by atoms with Crippen LogP contribution in [0.15, 0.2) is 42.5 Å². The van der Waals surface area contributed by atoms with Gasteiger partial charge in [-0.1, -0.05) is 43.0 Å². The number of rotatable bonds is 4. The van der Waals surface area contributed by atoms with Crippen LogP contribution in [0.4, 0.5) is 0 Å². The number of fused-ring (bicyclic) bond motifs is 1. The Kier molecular flexibility index (Phi) is 4.83. The molecule has 0 atom stereocenters. The molecule has 0 aromatic heterocycles. The maximum Gasteiger partial charge on any atom is 0.254 e. The standard InChI is InChI=1S/C22H25NO3/c1-16-7-10-18(11-8-16)22(24)23(19-5-3-2-4-6-19)14-17-9-12-20-21(13-17)26-15-25-20/h7-13,19H,2-6,14-15H2,1H3. The minimum atomic E-state index is 0.120. The van der Waals surface area contributed by atoms with Gasteiger partial charge in [-0.3, -0.25) is 4.79 Å².